The number of aliphatic hydroxyl groups excluding tert-OH is 1. The third-order valence-electron chi connectivity index (χ3n) is 3.24. The van der Waals surface area contributed by atoms with Crippen molar-refractivity contribution < 1.29 is 9.90 Å². The second-order valence-electron chi connectivity index (χ2n) is 5.05. The lowest BCUT2D eigenvalue weighted by Crippen LogP contribution is -2.37. The highest BCUT2D eigenvalue weighted by Crippen LogP contribution is 2.37. The van der Waals surface area contributed by atoms with Crippen molar-refractivity contribution in [2.45, 2.75) is 40.0 Å². The van der Waals surface area contributed by atoms with Crippen LogP contribution in [-0.2, 0) is 4.79 Å². The summed E-state index contributed by atoms with van der Waals surface area (Å²) in [6, 6.07) is 0. The molecule has 0 amide bonds. The molecule has 2 heteroatoms. The van der Waals surface area contributed by atoms with Crippen LogP contribution in [0, 0.1) is 17.3 Å². The number of ketones is 1. The van der Waals surface area contributed by atoms with E-state index in [4.69, 9.17) is 0 Å². The van der Waals surface area contributed by atoms with E-state index in [1.165, 1.54) is 0 Å². The molecule has 2 atom stereocenters. The Morgan fingerprint density at radius 2 is 2.08 bits per heavy atom. The summed E-state index contributed by atoms with van der Waals surface area (Å²) in [4.78, 5) is 11.7. The summed E-state index contributed by atoms with van der Waals surface area (Å²) in [7, 11) is 0. The third kappa shape index (κ3) is 2.31. The van der Waals surface area contributed by atoms with Crippen LogP contribution in [-0.4, -0.2) is 17.5 Å². The smallest absolute Gasteiger partial charge is 0.136 e. The summed E-state index contributed by atoms with van der Waals surface area (Å²) in [5.41, 5.74) is -0.225. The lowest BCUT2D eigenvalue weighted by molar-refractivity contribution is -0.131. The molecule has 0 aromatic rings. The molecule has 2 unspecified atom stereocenters. The summed E-state index contributed by atoms with van der Waals surface area (Å²) in [5.74, 6) is 0.963. The summed E-state index contributed by atoms with van der Waals surface area (Å²) in [6.45, 7) is 6.19. The Kier molecular flexibility index (Phi) is 3.12. The quantitative estimate of drug-likeness (QED) is 0.712. The largest absolute Gasteiger partial charge is 0.396 e. The maximum absolute atomic E-state index is 11.7. The minimum atomic E-state index is -0.225. The normalized spacial score (nSPS) is 30.6. The molecule has 0 heterocycles. The molecule has 0 radical (unpaired) electrons. The fraction of sp³-hybridized carbons (Fsp3) is 0.909. The minimum absolute atomic E-state index is 0.0775. The van der Waals surface area contributed by atoms with Crippen LogP contribution in [0.1, 0.15) is 40.0 Å². The van der Waals surface area contributed by atoms with Crippen molar-refractivity contribution in [1.82, 2.24) is 0 Å². The van der Waals surface area contributed by atoms with Crippen LogP contribution in [0.4, 0.5) is 0 Å². The van der Waals surface area contributed by atoms with Gasteiger partial charge >= 0.3 is 0 Å². The molecular formula is C11H20O2. The van der Waals surface area contributed by atoms with Crippen molar-refractivity contribution in [3.8, 4) is 0 Å². The first-order chi connectivity index (χ1) is 5.97. The van der Waals surface area contributed by atoms with Crippen LogP contribution in [0.15, 0.2) is 0 Å². The van der Waals surface area contributed by atoms with Crippen molar-refractivity contribution >= 4 is 5.78 Å². The van der Waals surface area contributed by atoms with Gasteiger partial charge in [-0.1, -0.05) is 20.8 Å². The number of hydrogen-bond donors (Lipinski definition) is 1. The van der Waals surface area contributed by atoms with Crippen molar-refractivity contribution in [2.24, 2.45) is 17.3 Å². The molecule has 2 nitrogen and oxygen atoms in total. The highest BCUT2D eigenvalue weighted by Gasteiger charge is 2.37. The van der Waals surface area contributed by atoms with Gasteiger partial charge in [-0.25, -0.2) is 0 Å². The zero-order valence-corrected chi connectivity index (χ0v) is 8.84. The Morgan fingerprint density at radius 3 is 2.54 bits per heavy atom. The first kappa shape index (κ1) is 10.7. The molecule has 1 rings (SSSR count). The predicted molar refractivity (Wildman–Crippen MR) is 52.4 cm³/mol. The number of Topliss-reactive ketones (excluding diaryl/α,β-unsaturated/α-hetero) is 1. The van der Waals surface area contributed by atoms with Gasteiger partial charge in [0.05, 0.1) is 0 Å². The highest BCUT2D eigenvalue weighted by molar-refractivity contribution is 5.82. The van der Waals surface area contributed by atoms with E-state index in [2.05, 4.69) is 6.92 Å². The van der Waals surface area contributed by atoms with Crippen LogP contribution < -0.4 is 0 Å². The molecular weight excluding hydrogens is 164 g/mol. The predicted octanol–water partition coefficient (Wildman–Crippen LogP) is 2.01. The van der Waals surface area contributed by atoms with Gasteiger partial charge in [0.25, 0.3) is 0 Å². The molecule has 0 spiro atoms. The maximum atomic E-state index is 11.7. The van der Waals surface area contributed by atoms with E-state index in [0.29, 0.717) is 18.1 Å². The van der Waals surface area contributed by atoms with Crippen molar-refractivity contribution in [2.75, 3.05) is 6.61 Å². The SMILES string of the molecule is CC1CCC(C(C)(C)CO)C(=O)C1. The van der Waals surface area contributed by atoms with Crippen LogP contribution in [0.25, 0.3) is 0 Å². The molecule has 0 aromatic carbocycles. The molecule has 1 N–H and O–H groups in total. The standard InChI is InChI=1S/C11H20O2/c1-8-4-5-9(10(13)6-8)11(2,3)7-12/h8-9,12H,4-7H2,1-3H3. The fourth-order valence-corrected chi connectivity index (χ4v) is 2.14. The summed E-state index contributed by atoms with van der Waals surface area (Å²) < 4.78 is 0. The van der Waals surface area contributed by atoms with Crippen LogP contribution in [0.5, 0.6) is 0 Å². The van der Waals surface area contributed by atoms with Crippen LogP contribution >= 0.6 is 0 Å². The van der Waals surface area contributed by atoms with E-state index in [-0.39, 0.29) is 17.9 Å². The molecule has 1 aliphatic carbocycles. The monoisotopic (exact) mass is 184 g/mol. The van der Waals surface area contributed by atoms with Crippen molar-refractivity contribution in [3.05, 3.63) is 0 Å². The van der Waals surface area contributed by atoms with Gasteiger partial charge in [0, 0.05) is 18.9 Å². The van der Waals surface area contributed by atoms with E-state index in [1.54, 1.807) is 0 Å². The van der Waals surface area contributed by atoms with Crippen LogP contribution in [0.2, 0.25) is 0 Å². The third-order valence-corrected chi connectivity index (χ3v) is 3.24. The van der Waals surface area contributed by atoms with Gasteiger partial charge < -0.3 is 5.11 Å². The van der Waals surface area contributed by atoms with E-state index in [0.717, 1.165) is 12.8 Å². The first-order valence-electron chi connectivity index (χ1n) is 5.11. The van der Waals surface area contributed by atoms with E-state index in [9.17, 15) is 9.90 Å². The molecule has 1 aliphatic rings. The number of carbonyl (C=O) groups is 1. The molecule has 0 aromatic heterocycles. The van der Waals surface area contributed by atoms with Crippen LogP contribution in [0.3, 0.4) is 0 Å². The summed E-state index contributed by atoms with van der Waals surface area (Å²) in [5, 5.41) is 9.18. The van der Waals surface area contributed by atoms with Gasteiger partial charge in [0.15, 0.2) is 0 Å². The number of rotatable bonds is 2. The Balaban J connectivity index is 2.66. The average Bonchev–Trinajstić information content (AvgIpc) is 2.03. The van der Waals surface area contributed by atoms with E-state index < -0.39 is 0 Å². The molecule has 76 valence electrons. The fourth-order valence-electron chi connectivity index (χ4n) is 2.14. The number of hydrogen-bond acceptors (Lipinski definition) is 2. The molecule has 1 saturated carbocycles. The molecule has 1 fully saturated rings. The first-order valence-corrected chi connectivity index (χ1v) is 5.11. The average molecular weight is 184 g/mol. The zero-order valence-electron chi connectivity index (χ0n) is 8.84. The van der Waals surface area contributed by atoms with Gasteiger partial charge in [-0.05, 0) is 24.2 Å². The Labute approximate surface area is 80.3 Å². The lowest BCUT2D eigenvalue weighted by Gasteiger charge is -2.36. The van der Waals surface area contributed by atoms with Crippen molar-refractivity contribution in [3.63, 3.8) is 0 Å². The van der Waals surface area contributed by atoms with E-state index in [1.807, 2.05) is 13.8 Å². The topological polar surface area (TPSA) is 37.3 Å². The molecule has 0 bridgehead atoms. The number of carbonyl (C=O) groups excluding carboxylic acids is 1. The second-order valence-corrected chi connectivity index (χ2v) is 5.05. The highest BCUT2D eigenvalue weighted by atomic mass is 16.3. The Hall–Kier alpha value is -0.370. The van der Waals surface area contributed by atoms with Crippen molar-refractivity contribution in [1.29, 1.82) is 0 Å². The molecule has 0 saturated heterocycles. The summed E-state index contributed by atoms with van der Waals surface area (Å²) in [6.07, 6.45) is 2.78. The molecule has 13 heavy (non-hydrogen) atoms. The zero-order chi connectivity index (χ0) is 10.1. The lowest BCUT2D eigenvalue weighted by atomic mass is 9.69. The van der Waals surface area contributed by atoms with Gasteiger partial charge in [-0.15, -0.1) is 0 Å². The van der Waals surface area contributed by atoms with E-state index >= 15 is 0 Å². The number of aliphatic hydroxyl groups is 1. The Morgan fingerprint density at radius 1 is 1.46 bits per heavy atom. The minimum Gasteiger partial charge on any atom is -0.396 e. The second kappa shape index (κ2) is 3.79. The van der Waals surface area contributed by atoms with Gasteiger partial charge in [0.1, 0.15) is 5.78 Å². The van der Waals surface area contributed by atoms with Gasteiger partial charge in [-0.2, -0.15) is 0 Å². The maximum Gasteiger partial charge on any atom is 0.136 e. The van der Waals surface area contributed by atoms with Gasteiger partial charge in [0.2, 0.25) is 0 Å². The van der Waals surface area contributed by atoms with Gasteiger partial charge in [-0.3, -0.25) is 4.79 Å². The molecule has 0 aliphatic heterocycles. The summed E-state index contributed by atoms with van der Waals surface area (Å²) >= 11 is 0. The Bertz CT molecular complexity index is 196.